The van der Waals surface area contributed by atoms with Crippen molar-refractivity contribution in [2.45, 2.75) is 13.8 Å². The molecule has 29 heavy (non-hydrogen) atoms. The van der Waals surface area contributed by atoms with Gasteiger partial charge in [0.25, 0.3) is 11.5 Å². The Morgan fingerprint density at radius 3 is 2.48 bits per heavy atom. The van der Waals surface area contributed by atoms with Crippen molar-refractivity contribution in [1.29, 1.82) is 0 Å². The molecule has 0 unspecified atom stereocenters. The van der Waals surface area contributed by atoms with Gasteiger partial charge in [-0.2, -0.15) is 5.10 Å². The van der Waals surface area contributed by atoms with Crippen LogP contribution in [0.5, 0.6) is 0 Å². The van der Waals surface area contributed by atoms with Crippen LogP contribution >= 0.6 is 0 Å². The van der Waals surface area contributed by atoms with Gasteiger partial charge in [-0.15, -0.1) is 0 Å². The number of hydrogen-bond donors (Lipinski definition) is 2. The van der Waals surface area contributed by atoms with E-state index in [4.69, 9.17) is 0 Å². The first-order valence-electron chi connectivity index (χ1n) is 9.25. The smallest absolute Gasteiger partial charge is 0.264 e. The maximum Gasteiger partial charge on any atom is 0.264 e. The van der Waals surface area contributed by atoms with Crippen molar-refractivity contribution < 1.29 is 4.79 Å². The summed E-state index contributed by atoms with van der Waals surface area (Å²) in [6.45, 7) is 3.93. The number of aryl methyl sites for hydroxylation is 1. The van der Waals surface area contributed by atoms with Crippen molar-refractivity contribution in [3.8, 4) is 16.9 Å². The molecule has 0 fully saturated rings. The fourth-order valence-electron chi connectivity index (χ4n) is 3.43. The summed E-state index contributed by atoms with van der Waals surface area (Å²) in [5, 5.41) is 9.42. The summed E-state index contributed by atoms with van der Waals surface area (Å²) in [6.07, 6.45) is 0. The minimum atomic E-state index is -0.257. The number of benzene rings is 2. The van der Waals surface area contributed by atoms with E-state index >= 15 is 0 Å². The standard InChI is InChI=1S/C23H20N4O2/c1-15-13-20(16(2)27(15)19-9-4-3-5-10-19)23(29)24-18-8-6-7-17(14-18)21-11-12-22(28)26-25-21/h3-14H,1-2H3,(H,24,29)(H,26,28). The Bertz CT molecular complexity index is 1220. The van der Waals surface area contributed by atoms with Crippen LogP contribution in [0.1, 0.15) is 21.7 Å². The number of aromatic nitrogens is 3. The number of amides is 1. The monoisotopic (exact) mass is 384 g/mol. The second-order valence-electron chi connectivity index (χ2n) is 6.80. The normalized spacial score (nSPS) is 10.7. The average molecular weight is 384 g/mol. The molecule has 2 aromatic heterocycles. The SMILES string of the molecule is Cc1cc(C(=O)Nc2cccc(-c3ccc(=O)[nH]n3)c2)c(C)n1-c1ccccc1. The van der Waals surface area contributed by atoms with Gasteiger partial charge in [-0.05, 0) is 50.2 Å². The molecule has 2 aromatic carbocycles. The number of nitrogens with zero attached hydrogens (tertiary/aromatic N) is 2. The van der Waals surface area contributed by atoms with Gasteiger partial charge in [-0.1, -0.05) is 30.3 Å². The van der Waals surface area contributed by atoms with Crippen LogP contribution in [0.4, 0.5) is 5.69 Å². The summed E-state index contributed by atoms with van der Waals surface area (Å²) in [7, 11) is 0. The number of aromatic amines is 1. The molecular formula is C23H20N4O2. The largest absolute Gasteiger partial charge is 0.322 e. The Labute approximate surface area is 167 Å². The van der Waals surface area contributed by atoms with Crippen LogP contribution < -0.4 is 10.9 Å². The molecule has 4 rings (SSSR count). The number of hydrogen-bond acceptors (Lipinski definition) is 3. The Balaban J connectivity index is 1.61. The second-order valence-corrected chi connectivity index (χ2v) is 6.80. The lowest BCUT2D eigenvalue weighted by atomic mass is 10.1. The minimum absolute atomic E-state index is 0.174. The quantitative estimate of drug-likeness (QED) is 0.556. The molecule has 1 amide bonds. The van der Waals surface area contributed by atoms with E-state index in [1.807, 2.05) is 74.5 Å². The highest BCUT2D eigenvalue weighted by Crippen LogP contribution is 2.23. The van der Waals surface area contributed by atoms with Crippen molar-refractivity contribution in [2.75, 3.05) is 5.32 Å². The number of carbonyl (C=O) groups is 1. The molecule has 0 saturated heterocycles. The van der Waals surface area contributed by atoms with Gasteiger partial charge in [0.2, 0.25) is 0 Å². The Morgan fingerprint density at radius 2 is 1.76 bits per heavy atom. The van der Waals surface area contributed by atoms with Gasteiger partial charge in [0.15, 0.2) is 0 Å². The fraction of sp³-hybridized carbons (Fsp3) is 0.0870. The van der Waals surface area contributed by atoms with Crippen LogP contribution in [0.15, 0.2) is 77.6 Å². The molecule has 144 valence electrons. The molecular weight excluding hydrogens is 364 g/mol. The molecule has 0 saturated carbocycles. The van der Waals surface area contributed by atoms with Crippen molar-refractivity contribution in [3.05, 3.63) is 100 Å². The third kappa shape index (κ3) is 3.73. The summed E-state index contributed by atoms with van der Waals surface area (Å²) in [6, 6.07) is 22.3. The summed E-state index contributed by atoms with van der Waals surface area (Å²) in [5.41, 5.74) is 5.34. The molecule has 2 N–H and O–H groups in total. The van der Waals surface area contributed by atoms with Gasteiger partial charge in [-0.3, -0.25) is 9.59 Å². The number of nitrogens with one attached hydrogen (secondary N) is 2. The molecule has 0 bridgehead atoms. The highest BCUT2D eigenvalue weighted by atomic mass is 16.1. The number of H-pyrrole nitrogens is 1. The summed E-state index contributed by atoms with van der Waals surface area (Å²) in [4.78, 5) is 24.1. The second kappa shape index (κ2) is 7.59. The molecule has 4 aromatic rings. The Morgan fingerprint density at radius 1 is 0.966 bits per heavy atom. The predicted octanol–water partition coefficient (Wildman–Crippen LogP) is 4.10. The van der Waals surface area contributed by atoms with Gasteiger partial charge in [0.1, 0.15) is 0 Å². The minimum Gasteiger partial charge on any atom is -0.322 e. The van der Waals surface area contributed by atoms with Gasteiger partial charge in [0, 0.05) is 34.4 Å². The first-order chi connectivity index (χ1) is 14.0. The van der Waals surface area contributed by atoms with E-state index < -0.39 is 0 Å². The third-order valence-corrected chi connectivity index (χ3v) is 4.79. The van der Waals surface area contributed by atoms with E-state index in [-0.39, 0.29) is 11.5 Å². The van der Waals surface area contributed by atoms with Crippen molar-refractivity contribution in [1.82, 2.24) is 14.8 Å². The van der Waals surface area contributed by atoms with Crippen LogP contribution in [-0.4, -0.2) is 20.7 Å². The Kier molecular flexibility index (Phi) is 4.83. The van der Waals surface area contributed by atoms with Crippen molar-refractivity contribution in [3.63, 3.8) is 0 Å². The lowest BCUT2D eigenvalue weighted by Gasteiger charge is -2.10. The lowest BCUT2D eigenvalue weighted by molar-refractivity contribution is 0.102. The molecule has 0 aliphatic carbocycles. The predicted molar refractivity (Wildman–Crippen MR) is 113 cm³/mol. The summed E-state index contributed by atoms with van der Waals surface area (Å²) < 4.78 is 2.07. The van der Waals surface area contributed by atoms with Crippen LogP contribution in [0.25, 0.3) is 16.9 Å². The zero-order chi connectivity index (χ0) is 20.4. The zero-order valence-electron chi connectivity index (χ0n) is 16.1. The molecule has 0 radical (unpaired) electrons. The lowest BCUT2D eigenvalue weighted by Crippen LogP contribution is -2.13. The van der Waals surface area contributed by atoms with Crippen LogP contribution in [0.3, 0.4) is 0 Å². The molecule has 0 aliphatic rings. The summed E-state index contributed by atoms with van der Waals surface area (Å²) >= 11 is 0. The van der Waals surface area contributed by atoms with E-state index in [1.165, 1.54) is 6.07 Å². The van der Waals surface area contributed by atoms with Gasteiger partial charge in [0.05, 0.1) is 11.3 Å². The maximum atomic E-state index is 12.9. The third-order valence-electron chi connectivity index (χ3n) is 4.79. The number of para-hydroxylation sites is 1. The number of carbonyl (C=O) groups excluding carboxylic acids is 1. The number of anilines is 1. The zero-order valence-corrected chi connectivity index (χ0v) is 16.1. The molecule has 2 heterocycles. The van der Waals surface area contributed by atoms with Gasteiger partial charge >= 0.3 is 0 Å². The maximum absolute atomic E-state index is 12.9. The molecule has 0 aliphatic heterocycles. The van der Waals surface area contributed by atoms with Gasteiger partial charge < -0.3 is 9.88 Å². The summed E-state index contributed by atoms with van der Waals surface area (Å²) in [5.74, 6) is -0.174. The molecule has 0 atom stereocenters. The highest BCUT2D eigenvalue weighted by molar-refractivity contribution is 6.05. The van der Waals surface area contributed by atoms with E-state index in [0.717, 1.165) is 22.6 Å². The molecule has 6 nitrogen and oxygen atoms in total. The first-order valence-corrected chi connectivity index (χ1v) is 9.25. The first kappa shape index (κ1) is 18.4. The number of rotatable bonds is 4. The van der Waals surface area contributed by atoms with Gasteiger partial charge in [-0.25, -0.2) is 5.10 Å². The highest BCUT2D eigenvalue weighted by Gasteiger charge is 2.17. The molecule has 6 heteroatoms. The van der Waals surface area contributed by atoms with Crippen LogP contribution in [0.2, 0.25) is 0 Å². The van der Waals surface area contributed by atoms with E-state index in [1.54, 1.807) is 6.07 Å². The van der Waals surface area contributed by atoms with Crippen LogP contribution in [-0.2, 0) is 0 Å². The van der Waals surface area contributed by atoms with E-state index in [2.05, 4.69) is 20.1 Å². The molecule has 0 spiro atoms. The van der Waals surface area contributed by atoms with Crippen LogP contribution in [0, 0.1) is 13.8 Å². The fourth-order valence-corrected chi connectivity index (χ4v) is 3.43. The van der Waals surface area contributed by atoms with Crippen molar-refractivity contribution >= 4 is 11.6 Å². The topological polar surface area (TPSA) is 79.8 Å². The Hall–Kier alpha value is -3.93. The van der Waals surface area contributed by atoms with E-state index in [9.17, 15) is 9.59 Å². The van der Waals surface area contributed by atoms with Crippen molar-refractivity contribution in [2.24, 2.45) is 0 Å². The van der Waals surface area contributed by atoms with E-state index in [0.29, 0.717) is 16.9 Å². The average Bonchev–Trinajstić information content (AvgIpc) is 3.03.